The van der Waals surface area contributed by atoms with E-state index in [9.17, 15) is 14.0 Å². The van der Waals surface area contributed by atoms with Gasteiger partial charge in [-0.3, -0.25) is 9.59 Å². The van der Waals surface area contributed by atoms with Gasteiger partial charge in [0.2, 0.25) is 5.91 Å². The van der Waals surface area contributed by atoms with Crippen molar-refractivity contribution in [2.45, 2.75) is 13.8 Å². The van der Waals surface area contributed by atoms with Crippen molar-refractivity contribution >= 4 is 17.6 Å². The smallest absolute Gasteiger partial charge is 0.315 e. The average Bonchev–Trinajstić information content (AvgIpc) is 2.20. The molecular weight excluding hydrogens is 213 g/mol. The van der Waals surface area contributed by atoms with Crippen LogP contribution in [0.25, 0.3) is 0 Å². The fourth-order valence-corrected chi connectivity index (χ4v) is 1.07. The van der Waals surface area contributed by atoms with Crippen molar-refractivity contribution in [3.8, 4) is 0 Å². The summed E-state index contributed by atoms with van der Waals surface area (Å²) in [4.78, 5) is 21.8. The molecule has 0 aliphatic rings. The number of aliphatic carboxylic acids is 1. The molecule has 0 aromatic heterocycles. The molecule has 2 N–H and O–H groups in total. The summed E-state index contributed by atoms with van der Waals surface area (Å²) in [6.07, 6.45) is 0. The normalized spacial score (nSPS) is 11.9. The van der Waals surface area contributed by atoms with Gasteiger partial charge in [-0.2, -0.15) is 0 Å². The average molecular weight is 225 g/mol. The van der Waals surface area contributed by atoms with Gasteiger partial charge in [0.05, 0.1) is 5.69 Å². The number of nitrogens with one attached hydrogen (secondary N) is 1. The lowest BCUT2D eigenvalue weighted by Crippen LogP contribution is -2.27. The molecule has 4 nitrogen and oxygen atoms in total. The van der Waals surface area contributed by atoms with Crippen LogP contribution in [-0.2, 0) is 9.59 Å². The number of anilines is 1. The van der Waals surface area contributed by atoms with Crippen LogP contribution in [0.1, 0.15) is 12.5 Å². The molecule has 5 heteroatoms. The Morgan fingerprint density at radius 2 is 2.06 bits per heavy atom. The Morgan fingerprint density at radius 1 is 1.44 bits per heavy atom. The molecule has 1 aromatic rings. The molecule has 1 atom stereocenters. The Morgan fingerprint density at radius 3 is 2.56 bits per heavy atom. The third kappa shape index (κ3) is 2.79. The summed E-state index contributed by atoms with van der Waals surface area (Å²) in [6, 6.07) is 4.29. The number of aryl methyl sites for hydroxylation is 1. The molecule has 0 saturated heterocycles. The fourth-order valence-electron chi connectivity index (χ4n) is 1.07. The first-order chi connectivity index (χ1) is 7.41. The zero-order chi connectivity index (χ0) is 12.3. The highest BCUT2D eigenvalue weighted by molar-refractivity contribution is 6.03. The van der Waals surface area contributed by atoms with Gasteiger partial charge in [0.25, 0.3) is 0 Å². The molecule has 0 heterocycles. The Labute approximate surface area is 92.1 Å². The third-order valence-electron chi connectivity index (χ3n) is 2.15. The van der Waals surface area contributed by atoms with Crippen molar-refractivity contribution in [2.24, 2.45) is 5.92 Å². The molecule has 16 heavy (non-hydrogen) atoms. The molecule has 0 saturated carbocycles. The zero-order valence-electron chi connectivity index (χ0n) is 8.95. The second kappa shape index (κ2) is 4.74. The lowest BCUT2D eigenvalue weighted by molar-refractivity contribution is -0.144. The van der Waals surface area contributed by atoms with Crippen LogP contribution in [0, 0.1) is 18.7 Å². The first kappa shape index (κ1) is 12.2. The second-order valence-corrected chi connectivity index (χ2v) is 3.53. The van der Waals surface area contributed by atoms with Crippen LogP contribution in [0.3, 0.4) is 0 Å². The molecule has 0 fully saturated rings. The van der Waals surface area contributed by atoms with Gasteiger partial charge in [0, 0.05) is 0 Å². The van der Waals surface area contributed by atoms with E-state index in [-0.39, 0.29) is 5.69 Å². The van der Waals surface area contributed by atoms with Crippen LogP contribution in [0.2, 0.25) is 0 Å². The van der Waals surface area contributed by atoms with Crippen LogP contribution in [0.4, 0.5) is 10.1 Å². The summed E-state index contributed by atoms with van der Waals surface area (Å²) in [5.41, 5.74) is 0.713. The molecule has 0 aliphatic heterocycles. The van der Waals surface area contributed by atoms with Gasteiger partial charge in [0.15, 0.2) is 0 Å². The second-order valence-electron chi connectivity index (χ2n) is 3.53. The van der Waals surface area contributed by atoms with Gasteiger partial charge in [-0.25, -0.2) is 4.39 Å². The van der Waals surface area contributed by atoms with Crippen molar-refractivity contribution in [1.82, 2.24) is 0 Å². The van der Waals surface area contributed by atoms with Crippen molar-refractivity contribution in [3.05, 3.63) is 29.6 Å². The fraction of sp³-hybridized carbons (Fsp3) is 0.273. The molecule has 1 rings (SSSR count). The molecule has 86 valence electrons. The van der Waals surface area contributed by atoms with Crippen LogP contribution in [0.15, 0.2) is 18.2 Å². The van der Waals surface area contributed by atoms with Crippen LogP contribution in [-0.4, -0.2) is 17.0 Å². The largest absolute Gasteiger partial charge is 0.481 e. The minimum absolute atomic E-state index is 0.0105. The number of amides is 1. The SMILES string of the molecule is Cc1ccc(NC(=O)C(C)C(=O)O)c(F)c1. The number of carboxylic acids is 1. The predicted octanol–water partition coefficient (Wildman–Crippen LogP) is 1.79. The minimum atomic E-state index is -1.25. The van der Waals surface area contributed by atoms with E-state index in [1.54, 1.807) is 13.0 Å². The number of carboxylic acid groups (broad SMARTS) is 1. The van der Waals surface area contributed by atoms with E-state index in [0.717, 1.165) is 5.56 Å². The summed E-state index contributed by atoms with van der Waals surface area (Å²) in [6.45, 7) is 2.96. The molecule has 1 amide bonds. The molecule has 0 radical (unpaired) electrons. The van der Waals surface area contributed by atoms with Crippen molar-refractivity contribution in [1.29, 1.82) is 0 Å². The minimum Gasteiger partial charge on any atom is -0.481 e. The van der Waals surface area contributed by atoms with E-state index in [1.807, 2.05) is 0 Å². The van der Waals surface area contributed by atoms with Crippen LogP contribution >= 0.6 is 0 Å². The Hall–Kier alpha value is -1.91. The first-order valence-electron chi connectivity index (χ1n) is 4.71. The summed E-state index contributed by atoms with van der Waals surface area (Å²) in [5, 5.41) is 10.8. The topological polar surface area (TPSA) is 66.4 Å². The summed E-state index contributed by atoms with van der Waals surface area (Å²) in [5.74, 6) is -3.77. The monoisotopic (exact) mass is 225 g/mol. The number of halogens is 1. The van der Waals surface area contributed by atoms with E-state index in [0.29, 0.717) is 0 Å². The zero-order valence-corrected chi connectivity index (χ0v) is 8.95. The summed E-state index contributed by atoms with van der Waals surface area (Å²) in [7, 11) is 0. The van der Waals surface area contributed by atoms with Crippen molar-refractivity contribution in [2.75, 3.05) is 5.32 Å². The van der Waals surface area contributed by atoms with Crippen molar-refractivity contribution in [3.63, 3.8) is 0 Å². The molecule has 1 unspecified atom stereocenters. The highest BCUT2D eigenvalue weighted by Gasteiger charge is 2.21. The van der Waals surface area contributed by atoms with E-state index in [1.165, 1.54) is 19.1 Å². The lowest BCUT2D eigenvalue weighted by Gasteiger charge is -2.09. The predicted molar refractivity (Wildman–Crippen MR) is 56.6 cm³/mol. The van der Waals surface area contributed by atoms with Crippen LogP contribution < -0.4 is 5.32 Å². The van der Waals surface area contributed by atoms with E-state index < -0.39 is 23.6 Å². The van der Waals surface area contributed by atoms with Crippen LogP contribution in [0.5, 0.6) is 0 Å². The van der Waals surface area contributed by atoms with Gasteiger partial charge in [0.1, 0.15) is 11.7 Å². The number of carbonyl (C=O) groups is 2. The summed E-state index contributed by atoms with van der Waals surface area (Å²) < 4.78 is 13.3. The van der Waals surface area contributed by atoms with E-state index in [2.05, 4.69) is 5.32 Å². The maximum Gasteiger partial charge on any atom is 0.315 e. The highest BCUT2D eigenvalue weighted by atomic mass is 19.1. The lowest BCUT2D eigenvalue weighted by atomic mass is 10.1. The van der Waals surface area contributed by atoms with Gasteiger partial charge in [-0.15, -0.1) is 0 Å². The van der Waals surface area contributed by atoms with Crippen molar-refractivity contribution < 1.29 is 19.1 Å². The maximum atomic E-state index is 13.3. The molecular formula is C11H12FNO3. The Balaban J connectivity index is 2.81. The number of carbonyl (C=O) groups excluding carboxylic acids is 1. The highest BCUT2D eigenvalue weighted by Crippen LogP contribution is 2.16. The number of benzene rings is 1. The molecule has 1 aromatic carbocycles. The molecule has 0 bridgehead atoms. The summed E-state index contributed by atoms with van der Waals surface area (Å²) >= 11 is 0. The molecule has 0 spiro atoms. The van der Waals surface area contributed by atoms with Gasteiger partial charge in [-0.05, 0) is 31.5 Å². The van der Waals surface area contributed by atoms with E-state index in [4.69, 9.17) is 5.11 Å². The van der Waals surface area contributed by atoms with Gasteiger partial charge < -0.3 is 10.4 Å². The quantitative estimate of drug-likeness (QED) is 0.771. The number of hydrogen-bond acceptors (Lipinski definition) is 2. The van der Waals surface area contributed by atoms with Gasteiger partial charge in [-0.1, -0.05) is 6.07 Å². The number of rotatable bonds is 3. The first-order valence-corrected chi connectivity index (χ1v) is 4.71. The third-order valence-corrected chi connectivity index (χ3v) is 2.15. The maximum absolute atomic E-state index is 13.3. The van der Waals surface area contributed by atoms with Gasteiger partial charge >= 0.3 is 5.97 Å². The standard InChI is InChI=1S/C11H12FNO3/c1-6-3-4-9(8(12)5-6)13-10(14)7(2)11(15)16/h3-5,7H,1-2H3,(H,13,14)(H,15,16). The van der Waals surface area contributed by atoms with E-state index >= 15 is 0 Å². The Bertz CT molecular complexity index is 431. The molecule has 0 aliphatic carbocycles. The Kier molecular flexibility index (Phi) is 3.60. The number of hydrogen-bond donors (Lipinski definition) is 2.